The molecule has 0 radical (unpaired) electrons. The highest BCUT2D eigenvalue weighted by Crippen LogP contribution is 2.18. The first-order valence-electron chi connectivity index (χ1n) is 6.75. The molecule has 0 aliphatic heterocycles. The lowest BCUT2D eigenvalue weighted by Gasteiger charge is -2.08. The Morgan fingerprint density at radius 1 is 1.35 bits per heavy atom. The van der Waals surface area contributed by atoms with Crippen molar-refractivity contribution in [3.8, 4) is 11.8 Å². The fourth-order valence-electron chi connectivity index (χ4n) is 1.96. The Bertz CT molecular complexity index is 610. The van der Waals surface area contributed by atoms with E-state index in [2.05, 4.69) is 18.3 Å². The smallest absolute Gasteiger partial charge is 0.121 e. The summed E-state index contributed by atoms with van der Waals surface area (Å²) in [7, 11) is 1.88. The van der Waals surface area contributed by atoms with Gasteiger partial charge < -0.3 is 14.6 Å². The van der Waals surface area contributed by atoms with Crippen LogP contribution in [0.25, 0.3) is 0 Å². The molecule has 4 nitrogen and oxygen atoms in total. The summed E-state index contributed by atoms with van der Waals surface area (Å²) >= 11 is 0. The van der Waals surface area contributed by atoms with Crippen LogP contribution >= 0.6 is 0 Å². The summed E-state index contributed by atoms with van der Waals surface area (Å²) in [6.07, 6.45) is 2.96. The van der Waals surface area contributed by atoms with Crippen LogP contribution in [0.15, 0.2) is 36.5 Å². The Morgan fingerprint density at radius 3 is 2.90 bits per heavy atom. The Labute approximate surface area is 119 Å². The number of nitrogens with one attached hydrogen (secondary N) is 1. The molecule has 0 unspecified atom stereocenters. The number of benzene rings is 1. The van der Waals surface area contributed by atoms with E-state index < -0.39 is 0 Å². The topological polar surface area (TPSA) is 50.0 Å². The summed E-state index contributed by atoms with van der Waals surface area (Å²) in [6.45, 7) is 3.50. The van der Waals surface area contributed by atoms with Gasteiger partial charge in [-0.1, -0.05) is 13.0 Å². The van der Waals surface area contributed by atoms with Crippen LogP contribution in [0.4, 0.5) is 5.69 Å². The van der Waals surface area contributed by atoms with Crippen molar-refractivity contribution in [2.24, 2.45) is 7.05 Å². The van der Waals surface area contributed by atoms with Gasteiger partial charge in [-0.3, -0.25) is 0 Å². The summed E-state index contributed by atoms with van der Waals surface area (Å²) in [5.41, 5.74) is 2.77. The molecule has 0 aliphatic carbocycles. The summed E-state index contributed by atoms with van der Waals surface area (Å²) in [6, 6.07) is 12.0. The molecule has 1 aromatic carbocycles. The molecule has 0 aliphatic rings. The number of rotatable bonds is 6. The van der Waals surface area contributed by atoms with E-state index in [9.17, 15) is 0 Å². The maximum Gasteiger partial charge on any atom is 0.121 e. The van der Waals surface area contributed by atoms with Crippen LogP contribution in [-0.4, -0.2) is 11.2 Å². The van der Waals surface area contributed by atoms with Crippen molar-refractivity contribution >= 4 is 5.69 Å². The standard InChI is InChI=1S/C16H19N3O/c1-3-7-20-16-6-4-5-14(9-16)18-11-13-8-15(10-17)19(2)12-13/h4-6,8-9,12,18H,3,7,11H2,1-2H3. The predicted octanol–water partition coefficient (Wildman–Crippen LogP) is 3.30. The van der Waals surface area contributed by atoms with Gasteiger partial charge in [0, 0.05) is 31.5 Å². The van der Waals surface area contributed by atoms with Gasteiger partial charge in [0.1, 0.15) is 17.5 Å². The first kappa shape index (κ1) is 14.0. The van der Waals surface area contributed by atoms with E-state index in [1.807, 2.05) is 48.1 Å². The van der Waals surface area contributed by atoms with E-state index >= 15 is 0 Å². The number of hydrogen-bond donors (Lipinski definition) is 1. The molecule has 1 heterocycles. The van der Waals surface area contributed by atoms with Gasteiger partial charge >= 0.3 is 0 Å². The molecule has 104 valence electrons. The van der Waals surface area contributed by atoms with Gasteiger partial charge in [0.05, 0.1) is 6.61 Å². The molecule has 0 amide bonds. The van der Waals surface area contributed by atoms with E-state index in [-0.39, 0.29) is 0 Å². The van der Waals surface area contributed by atoms with E-state index in [0.29, 0.717) is 12.2 Å². The van der Waals surface area contributed by atoms with Crippen molar-refractivity contribution in [1.29, 1.82) is 5.26 Å². The Kier molecular flexibility index (Phi) is 4.67. The molecule has 0 atom stereocenters. The molecule has 0 fully saturated rings. The molecular weight excluding hydrogens is 250 g/mol. The van der Waals surface area contributed by atoms with E-state index in [1.165, 1.54) is 0 Å². The van der Waals surface area contributed by atoms with Gasteiger partial charge in [-0.15, -0.1) is 0 Å². The van der Waals surface area contributed by atoms with Gasteiger partial charge in [-0.2, -0.15) is 5.26 Å². The molecule has 0 saturated heterocycles. The molecule has 0 spiro atoms. The van der Waals surface area contributed by atoms with Crippen molar-refractivity contribution in [2.45, 2.75) is 19.9 Å². The zero-order chi connectivity index (χ0) is 14.4. The molecule has 2 aromatic rings. The van der Waals surface area contributed by atoms with Crippen molar-refractivity contribution in [1.82, 2.24) is 4.57 Å². The summed E-state index contributed by atoms with van der Waals surface area (Å²) < 4.78 is 7.43. The second kappa shape index (κ2) is 6.67. The lowest BCUT2D eigenvalue weighted by atomic mass is 10.2. The largest absolute Gasteiger partial charge is 0.494 e. The van der Waals surface area contributed by atoms with Crippen LogP contribution in [0.5, 0.6) is 5.75 Å². The molecule has 0 saturated carbocycles. The van der Waals surface area contributed by atoms with E-state index in [4.69, 9.17) is 10.00 Å². The van der Waals surface area contributed by atoms with Crippen molar-refractivity contribution < 1.29 is 4.74 Å². The molecule has 1 N–H and O–H groups in total. The second-order valence-electron chi connectivity index (χ2n) is 4.69. The van der Waals surface area contributed by atoms with Crippen LogP contribution in [-0.2, 0) is 13.6 Å². The van der Waals surface area contributed by atoms with Gasteiger partial charge in [-0.25, -0.2) is 0 Å². The van der Waals surface area contributed by atoms with Crippen molar-refractivity contribution in [3.05, 3.63) is 47.8 Å². The maximum atomic E-state index is 8.93. The Hall–Kier alpha value is -2.41. The summed E-state index contributed by atoms with van der Waals surface area (Å²) in [5, 5.41) is 12.3. The first-order valence-corrected chi connectivity index (χ1v) is 6.75. The van der Waals surface area contributed by atoms with Crippen LogP contribution in [0.3, 0.4) is 0 Å². The molecule has 4 heteroatoms. The van der Waals surface area contributed by atoms with Crippen LogP contribution < -0.4 is 10.1 Å². The van der Waals surface area contributed by atoms with Crippen LogP contribution in [0.1, 0.15) is 24.6 Å². The number of nitrogens with zero attached hydrogens (tertiary/aromatic N) is 2. The maximum absolute atomic E-state index is 8.93. The normalized spacial score (nSPS) is 10.1. The minimum atomic E-state index is 0.668. The third-order valence-electron chi connectivity index (χ3n) is 2.98. The third-order valence-corrected chi connectivity index (χ3v) is 2.98. The average molecular weight is 269 g/mol. The molecule has 2 rings (SSSR count). The third kappa shape index (κ3) is 3.55. The molecule has 0 bridgehead atoms. The van der Waals surface area contributed by atoms with Gasteiger partial charge in [0.15, 0.2) is 0 Å². The minimum absolute atomic E-state index is 0.668. The first-order chi connectivity index (χ1) is 9.72. The number of anilines is 1. The van der Waals surface area contributed by atoms with Crippen molar-refractivity contribution in [2.75, 3.05) is 11.9 Å². The fraction of sp³-hybridized carbons (Fsp3) is 0.312. The monoisotopic (exact) mass is 269 g/mol. The van der Waals surface area contributed by atoms with Crippen molar-refractivity contribution in [3.63, 3.8) is 0 Å². The highest BCUT2D eigenvalue weighted by molar-refractivity contribution is 5.48. The molecule has 20 heavy (non-hydrogen) atoms. The van der Waals surface area contributed by atoms with Gasteiger partial charge in [0.2, 0.25) is 0 Å². The lowest BCUT2D eigenvalue weighted by Crippen LogP contribution is -2.00. The number of aryl methyl sites for hydroxylation is 1. The van der Waals surface area contributed by atoms with Gasteiger partial charge in [0.25, 0.3) is 0 Å². The number of aromatic nitrogens is 1. The van der Waals surface area contributed by atoms with Crippen LogP contribution in [0, 0.1) is 11.3 Å². The SMILES string of the molecule is CCCOc1cccc(NCc2cc(C#N)n(C)c2)c1. The average Bonchev–Trinajstić information content (AvgIpc) is 2.83. The molecular formula is C16H19N3O. The fourth-order valence-corrected chi connectivity index (χ4v) is 1.96. The zero-order valence-corrected chi connectivity index (χ0v) is 11.9. The second-order valence-corrected chi connectivity index (χ2v) is 4.69. The highest BCUT2D eigenvalue weighted by atomic mass is 16.5. The van der Waals surface area contributed by atoms with Gasteiger partial charge in [-0.05, 0) is 30.2 Å². The van der Waals surface area contributed by atoms with E-state index in [0.717, 1.165) is 30.0 Å². The predicted molar refractivity (Wildman–Crippen MR) is 79.7 cm³/mol. The quantitative estimate of drug-likeness (QED) is 0.875. The summed E-state index contributed by atoms with van der Waals surface area (Å²) in [4.78, 5) is 0. The zero-order valence-electron chi connectivity index (χ0n) is 11.9. The Morgan fingerprint density at radius 2 is 2.20 bits per heavy atom. The lowest BCUT2D eigenvalue weighted by molar-refractivity contribution is 0.317. The summed E-state index contributed by atoms with van der Waals surface area (Å²) in [5.74, 6) is 0.877. The number of ether oxygens (including phenoxy) is 1. The number of hydrogen-bond acceptors (Lipinski definition) is 3. The van der Waals surface area contributed by atoms with Crippen LogP contribution in [0.2, 0.25) is 0 Å². The minimum Gasteiger partial charge on any atom is -0.494 e. The number of nitriles is 1. The molecule has 1 aromatic heterocycles. The highest BCUT2D eigenvalue weighted by Gasteiger charge is 2.02. The van der Waals surface area contributed by atoms with E-state index in [1.54, 1.807) is 0 Å². The Balaban J connectivity index is 1.98.